The van der Waals surface area contributed by atoms with E-state index < -0.39 is 5.60 Å². The van der Waals surface area contributed by atoms with Gasteiger partial charge in [-0.25, -0.2) is 0 Å². The Labute approximate surface area is 76.4 Å². The second-order valence-electron chi connectivity index (χ2n) is 4.20. The van der Waals surface area contributed by atoms with Crippen molar-refractivity contribution in [2.24, 2.45) is 5.92 Å². The summed E-state index contributed by atoms with van der Waals surface area (Å²) in [5, 5.41) is 13.2. The van der Waals surface area contributed by atoms with Crippen LogP contribution in [0.15, 0.2) is 0 Å². The van der Waals surface area contributed by atoms with E-state index in [1.807, 2.05) is 20.8 Å². The fraction of sp³-hybridized carbons (Fsp3) is 1.00. The number of rotatable bonds is 5. The SMILES string of the molecule is CCC(C)NCC(C)(O)C(C)C. The van der Waals surface area contributed by atoms with Crippen LogP contribution in [-0.4, -0.2) is 23.3 Å². The first-order valence-corrected chi connectivity index (χ1v) is 4.86. The molecule has 0 amide bonds. The zero-order valence-corrected chi connectivity index (χ0v) is 9.02. The third-order valence-corrected chi connectivity index (χ3v) is 2.66. The second kappa shape index (κ2) is 4.83. The lowest BCUT2D eigenvalue weighted by Gasteiger charge is -2.29. The van der Waals surface area contributed by atoms with Crippen molar-refractivity contribution in [2.45, 2.75) is 52.7 Å². The molecule has 0 heterocycles. The Balaban J connectivity index is 3.75. The Bertz CT molecular complexity index is 121. The maximum atomic E-state index is 9.87. The first kappa shape index (κ1) is 11.9. The normalized spacial score (nSPS) is 19.2. The summed E-state index contributed by atoms with van der Waals surface area (Å²) in [6.45, 7) is 10.9. The van der Waals surface area contributed by atoms with Gasteiger partial charge in [0.1, 0.15) is 0 Å². The van der Waals surface area contributed by atoms with Gasteiger partial charge in [0.05, 0.1) is 5.60 Å². The van der Waals surface area contributed by atoms with Gasteiger partial charge in [-0.1, -0.05) is 20.8 Å². The molecule has 0 rings (SSSR count). The third kappa shape index (κ3) is 4.07. The summed E-state index contributed by atoms with van der Waals surface area (Å²) < 4.78 is 0. The Morgan fingerprint density at radius 3 is 2.17 bits per heavy atom. The van der Waals surface area contributed by atoms with Gasteiger partial charge in [0.15, 0.2) is 0 Å². The maximum Gasteiger partial charge on any atom is 0.0766 e. The average molecular weight is 173 g/mol. The lowest BCUT2D eigenvalue weighted by Crippen LogP contribution is -2.44. The second-order valence-corrected chi connectivity index (χ2v) is 4.20. The van der Waals surface area contributed by atoms with Crippen molar-refractivity contribution >= 4 is 0 Å². The van der Waals surface area contributed by atoms with E-state index in [0.717, 1.165) is 6.42 Å². The molecule has 0 spiro atoms. The molecule has 74 valence electrons. The van der Waals surface area contributed by atoms with E-state index >= 15 is 0 Å². The van der Waals surface area contributed by atoms with Crippen molar-refractivity contribution in [2.75, 3.05) is 6.54 Å². The summed E-state index contributed by atoms with van der Waals surface area (Å²) in [5.41, 5.74) is -0.580. The first-order valence-electron chi connectivity index (χ1n) is 4.86. The molecule has 0 saturated heterocycles. The number of hydrogen-bond acceptors (Lipinski definition) is 2. The number of hydrogen-bond donors (Lipinski definition) is 2. The molecule has 2 N–H and O–H groups in total. The van der Waals surface area contributed by atoms with Crippen LogP contribution in [0.4, 0.5) is 0 Å². The van der Waals surface area contributed by atoms with Gasteiger partial charge < -0.3 is 10.4 Å². The van der Waals surface area contributed by atoms with Crippen molar-refractivity contribution in [1.29, 1.82) is 0 Å². The monoisotopic (exact) mass is 173 g/mol. The summed E-state index contributed by atoms with van der Waals surface area (Å²) in [4.78, 5) is 0. The van der Waals surface area contributed by atoms with E-state index in [1.165, 1.54) is 0 Å². The van der Waals surface area contributed by atoms with Gasteiger partial charge in [0, 0.05) is 12.6 Å². The lowest BCUT2D eigenvalue weighted by molar-refractivity contribution is 0.0121. The molecular formula is C10H23NO. The first-order chi connectivity index (χ1) is 5.40. The smallest absolute Gasteiger partial charge is 0.0766 e. The minimum absolute atomic E-state index is 0.300. The molecule has 0 fully saturated rings. The van der Waals surface area contributed by atoms with E-state index in [4.69, 9.17) is 0 Å². The molecule has 0 aromatic carbocycles. The number of nitrogens with one attached hydrogen (secondary N) is 1. The van der Waals surface area contributed by atoms with E-state index in [0.29, 0.717) is 18.5 Å². The van der Waals surface area contributed by atoms with Crippen LogP contribution >= 0.6 is 0 Å². The summed E-state index contributed by atoms with van der Waals surface area (Å²) in [6, 6.07) is 0.496. The molecule has 0 aliphatic rings. The average Bonchev–Trinajstić information content (AvgIpc) is 2.00. The molecule has 0 aliphatic carbocycles. The maximum absolute atomic E-state index is 9.87. The molecule has 2 heteroatoms. The van der Waals surface area contributed by atoms with Crippen LogP contribution in [0, 0.1) is 5.92 Å². The largest absolute Gasteiger partial charge is 0.389 e. The molecule has 0 bridgehead atoms. The van der Waals surface area contributed by atoms with Crippen LogP contribution in [0.25, 0.3) is 0 Å². The molecule has 12 heavy (non-hydrogen) atoms. The van der Waals surface area contributed by atoms with Crippen molar-refractivity contribution in [1.82, 2.24) is 5.32 Å². The lowest BCUT2D eigenvalue weighted by atomic mass is 9.92. The van der Waals surface area contributed by atoms with Gasteiger partial charge in [0.2, 0.25) is 0 Å². The van der Waals surface area contributed by atoms with Gasteiger partial charge in [-0.15, -0.1) is 0 Å². The van der Waals surface area contributed by atoms with E-state index in [-0.39, 0.29) is 0 Å². The quantitative estimate of drug-likeness (QED) is 0.664. The minimum atomic E-state index is -0.580. The summed E-state index contributed by atoms with van der Waals surface area (Å²) >= 11 is 0. The molecule has 0 aromatic rings. The minimum Gasteiger partial charge on any atom is -0.389 e. The predicted molar refractivity (Wildman–Crippen MR) is 53.2 cm³/mol. The number of aliphatic hydroxyl groups is 1. The zero-order chi connectivity index (χ0) is 9.78. The zero-order valence-electron chi connectivity index (χ0n) is 9.02. The van der Waals surface area contributed by atoms with Crippen LogP contribution in [-0.2, 0) is 0 Å². The van der Waals surface area contributed by atoms with Gasteiger partial charge in [-0.05, 0) is 26.2 Å². The van der Waals surface area contributed by atoms with Gasteiger partial charge in [0.25, 0.3) is 0 Å². The van der Waals surface area contributed by atoms with Crippen LogP contribution in [0.5, 0.6) is 0 Å². The molecule has 0 saturated carbocycles. The highest BCUT2D eigenvalue weighted by Gasteiger charge is 2.24. The Morgan fingerprint density at radius 1 is 1.33 bits per heavy atom. The summed E-state index contributed by atoms with van der Waals surface area (Å²) in [5.74, 6) is 0.300. The molecular weight excluding hydrogens is 150 g/mol. The van der Waals surface area contributed by atoms with Crippen LogP contribution < -0.4 is 5.32 Å². The molecule has 2 atom stereocenters. The fourth-order valence-corrected chi connectivity index (χ4v) is 0.729. The summed E-state index contributed by atoms with van der Waals surface area (Å²) in [7, 11) is 0. The van der Waals surface area contributed by atoms with Crippen LogP contribution in [0.1, 0.15) is 41.0 Å². The Morgan fingerprint density at radius 2 is 1.83 bits per heavy atom. The molecule has 2 unspecified atom stereocenters. The van der Waals surface area contributed by atoms with Crippen molar-refractivity contribution < 1.29 is 5.11 Å². The highest BCUT2D eigenvalue weighted by molar-refractivity contribution is 4.79. The molecule has 0 aliphatic heterocycles. The van der Waals surface area contributed by atoms with E-state index in [1.54, 1.807) is 0 Å². The molecule has 2 nitrogen and oxygen atoms in total. The molecule has 0 radical (unpaired) electrons. The van der Waals surface area contributed by atoms with Gasteiger partial charge >= 0.3 is 0 Å². The predicted octanol–water partition coefficient (Wildman–Crippen LogP) is 1.78. The van der Waals surface area contributed by atoms with Gasteiger partial charge in [-0.3, -0.25) is 0 Å². The van der Waals surface area contributed by atoms with Crippen LogP contribution in [0.3, 0.4) is 0 Å². The van der Waals surface area contributed by atoms with Crippen molar-refractivity contribution in [3.05, 3.63) is 0 Å². The Kier molecular flexibility index (Phi) is 4.80. The van der Waals surface area contributed by atoms with E-state index in [9.17, 15) is 5.11 Å². The third-order valence-electron chi connectivity index (χ3n) is 2.66. The van der Waals surface area contributed by atoms with Crippen molar-refractivity contribution in [3.63, 3.8) is 0 Å². The standard InChI is InChI=1S/C10H23NO/c1-6-9(4)11-7-10(5,12)8(2)3/h8-9,11-12H,6-7H2,1-5H3. The topological polar surface area (TPSA) is 32.3 Å². The molecule has 0 aromatic heterocycles. The van der Waals surface area contributed by atoms with Gasteiger partial charge in [-0.2, -0.15) is 0 Å². The van der Waals surface area contributed by atoms with Crippen LogP contribution in [0.2, 0.25) is 0 Å². The fourth-order valence-electron chi connectivity index (χ4n) is 0.729. The van der Waals surface area contributed by atoms with E-state index in [2.05, 4.69) is 19.2 Å². The Hall–Kier alpha value is -0.0800. The highest BCUT2D eigenvalue weighted by Crippen LogP contribution is 2.14. The highest BCUT2D eigenvalue weighted by atomic mass is 16.3. The van der Waals surface area contributed by atoms with Crippen molar-refractivity contribution in [3.8, 4) is 0 Å². The summed E-state index contributed by atoms with van der Waals surface area (Å²) in [6.07, 6.45) is 1.11.